The molecule has 0 fully saturated rings. The Morgan fingerprint density at radius 2 is 1.75 bits per heavy atom. The van der Waals surface area contributed by atoms with Crippen LogP contribution in [0.1, 0.15) is 45.4 Å². The minimum absolute atomic E-state index is 0.198. The van der Waals surface area contributed by atoms with E-state index in [1.807, 2.05) is 0 Å². The molecule has 0 saturated carbocycles. The lowest BCUT2D eigenvalue weighted by atomic mass is 10.1. The number of hydrogen-bond donors (Lipinski definition) is 1. The van der Waals surface area contributed by atoms with Crippen molar-refractivity contribution in [3.05, 3.63) is 17.7 Å². The molecule has 2 heterocycles. The van der Waals surface area contributed by atoms with Gasteiger partial charge in [-0.3, -0.25) is 0 Å². The first kappa shape index (κ1) is 14.9. The highest BCUT2D eigenvalue weighted by Crippen LogP contribution is 2.18. The molecular formula is C14H20ClN5. The molecule has 0 aliphatic heterocycles. The quantitative estimate of drug-likeness (QED) is 0.592. The Bertz CT molecular complexity index is 546. The van der Waals surface area contributed by atoms with Crippen LogP contribution >= 0.6 is 11.6 Å². The number of hydrogen-bond acceptors (Lipinski definition) is 5. The van der Waals surface area contributed by atoms with Crippen molar-refractivity contribution in [3.8, 4) is 0 Å². The van der Waals surface area contributed by atoms with Crippen molar-refractivity contribution in [2.75, 3.05) is 11.9 Å². The largest absolute Gasteiger partial charge is 0.368 e. The van der Waals surface area contributed by atoms with Gasteiger partial charge >= 0.3 is 0 Å². The van der Waals surface area contributed by atoms with Gasteiger partial charge in [0.05, 0.1) is 0 Å². The summed E-state index contributed by atoms with van der Waals surface area (Å²) in [6, 6.07) is 0. The minimum Gasteiger partial charge on any atom is -0.368 e. The summed E-state index contributed by atoms with van der Waals surface area (Å²) >= 11 is 5.89. The third kappa shape index (κ3) is 4.27. The molecule has 0 unspecified atom stereocenters. The van der Waals surface area contributed by atoms with Crippen molar-refractivity contribution < 1.29 is 0 Å². The van der Waals surface area contributed by atoms with Gasteiger partial charge in [-0.15, -0.1) is 0 Å². The number of fused-ring (bicyclic) bond motifs is 1. The number of anilines is 1. The third-order valence-corrected chi connectivity index (χ3v) is 3.30. The minimum atomic E-state index is 0.198. The number of unbranched alkanes of at least 4 members (excludes halogenated alkanes) is 5. The Balaban J connectivity index is 1.86. The molecule has 0 spiro atoms. The molecular weight excluding hydrogens is 274 g/mol. The van der Waals surface area contributed by atoms with Gasteiger partial charge in [0, 0.05) is 18.9 Å². The second-order valence-corrected chi connectivity index (χ2v) is 5.10. The normalized spacial score (nSPS) is 10.9. The van der Waals surface area contributed by atoms with Crippen LogP contribution in [0.2, 0.25) is 5.28 Å². The fourth-order valence-corrected chi connectivity index (χ4v) is 2.24. The summed E-state index contributed by atoms with van der Waals surface area (Å²) in [6.07, 6.45) is 10.8. The van der Waals surface area contributed by atoms with Crippen LogP contribution in [0, 0.1) is 0 Å². The van der Waals surface area contributed by atoms with Gasteiger partial charge in [0.15, 0.2) is 17.0 Å². The average Bonchev–Trinajstić information content (AvgIpc) is 2.46. The van der Waals surface area contributed by atoms with Crippen LogP contribution in [0.5, 0.6) is 0 Å². The summed E-state index contributed by atoms with van der Waals surface area (Å²) in [5.74, 6) is 0.668. The van der Waals surface area contributed by atoms with Gasteiger partial charge in [-0.05, 0) is 18.0 Å². The van der Waals surface area contributed by atoms with Crippen LogP contribution in [0.4, 0.5) is 5.82 Å². The van der Waals surface area contributed by atoms with E-state index in [0.717, 1.165) is 13.0 Å². The number of rotatable bonds is 8. The van der Waals surface area contributed by atoms with Crippen molar-refractivity contribution in [2.24, 2.45) is 0 Å². The summed E-state index contributed by atoms with van der Waals surface area (Å²) in [6.45, 7) is 3.09. The van der Waals surface area contributed by atoms with E-state index in [2.05, 4.69) is 32.2 Å². The zero-order chi connectivity index (χ0) is 14.2. The topological polar surface area (TPSA) is 63.6 Å². The molecule has 0 aliphatic carbocycles. The van der Waals surface area contributed by atoms with Crippen molar-refractivity contribution in [1.29, 1.82) is 0 Å². The van der Waals surface area contributed by atoms with Crippen LogP contribution in [0.3, 0.4) is 0 Å². The maximum absolute atomic E-state index is 5.89. The molecule has 0 aromatic carbocycles. The van der Waals surface area contributed by atoms with Crippen LogP contribution < -0.4 is 5.32 Å². The highest BCUT2D eigenvalue weighted by Gasteiger charge is 2.07. The summed E-state index contributed by atoms with van der Waals surface area (Å²) in [4.78, 5) is 16.6. The number of nitrogens with one attached hydrogen (secondary N) is 1. The third-order valence-electron chi connectivity index (χ3n) is 3.13. The number of aromatic nitrogens is 4. The lowest BCUT2D eigenvalue weighted by molar-refractivity contribution is 0.617. The summed E-state index contributed by atoms with van der Waals surface area (Å²) in [7, 11) is 0. The molecule has 20 heavy (non-hydrogen) atoms. The van der Waals surface area contributed by atoms with E-state index >= 15 is 0 Å². The molecule has 0 radical (unpaired) electrons. The molecule has 0 bridgehead atoms. The maximum Gasteiger partial charge on any atom is 0.226 e. The molecule has 108 valence electrons. The molecule has 0 aliphatic rings. The molecule has 2 aromatic heterocycles. The molecule has 5 nitrogen and oxygen atoms in total. The fourth-order valence-electron chi connectivity index (χ4n) is 2.07. The zero-order valence-corrected chi connectivity index (χ0v) is 12.5. The highest BCUT2D eigenvalue weighted by atomic mass is 35.5. The summed E-state index contributed by atoms with van der Waals surface area (Å²) < 4.78 is 0. The molecule has 2 aromatic rings. The predicted octanol–water partition coefficient (Wildman–Crippen LogP) is 3.85. The van der Waals surface area contributed by atoms with Crippen molar-refractivity contribution in [3.63, 3.8) is 0 Å². The van der Waals surface area contributed by atoms with E-state index < -0.39 is 0 Å². The lowest BCUT2D eigenvalue weighted by Crippen LogP contribution is -2.06. The molecule has 1 N–H and O–H groups in total. The Morgan fingerprint density at radius 3 is 2.60 bits per heavy atom. The van der Waals surface area contributed by atoms with E-state index in [-0.39, 0.29) is 5.28 Å². The maximum atomic E-state index is 5.89. The van der Waals surface area contributed by atoms with E-state index in [4.69, 9.17) is 11.6 Å². The Labute approximate surface area is 124 Å². The lowest BCUT2D eigenvalue weighted by Gasteiger charge is -2.07. The molecule has 0 atom stereocenters. The summed E-state index contributed by atoms with van der Waals surface area (Å²) in [5.41, 5.74) is 1.20. The number of nitrogens with zero attached hydrogens (tertiary/aromatic N) is 4. The first-order chi connectivity index (χ1) is 9.81. The Kier molecular flexibility index (Phi) is 5.92. The smallest absolute Gasteiger partial charge is 0.226 e. The van der Waals surface area contributed by atoms with Gasteiger partial charge < -0.3 is 5.32 Å². The molecule has 0 saturated heterocycles. The van der Waals surface area contributed by atoms with Crippen molar-refractivity contribution in [2.45, 2.75) is 45.4 Å². The monoisotopic (exact) mass is 293 g/mol. The van der Waals surface area contributed by atoms with Crippen LogP contribution in [-0.2, 0) is 0 Å². The summed E-state index contributed by atoms with van der Waals surface area (Å²) in [5, 5.41) is 3.48. The van der Waals surface area contributed by atoms with Gasteiger partial charge in [0.2, 0.25) is 5.28 Å². The van der Waals surface area contributed by atoms with E-state index in [0.29, 0.717) is 17.0 Å². The van der Waals surface area contributed by atoms with E-state index in [9.17, 15) is 0 Å². The molecule has 6 heteroatoms. The molecule has 2 rings (SSSR count). The first-order valence-electron chi connectivity index (χ1n) is 7.19. The molecule has 0 amide bonds. The van der Waals surface area contributed by atoms with Gasteiger partial charge in [0.1, 0.15) is 0 Å². The van der Waals surface area contributed by atoms with Crippen molar-refractivity contribution in [1.82, 2.24) is 19.9 Å². The first-order valence-corrected chi connectivity index (χ1v) is 7.57. The van der Waals surface area contributed by atoms with Crippen molar-refractivity contribution >= 4 is 28.6 Å². The van der Waals surface area contributed by atoms with Gasteiger partial charge in [0.25, 0.3) is 0 Å². The predicted molar refractivity (Wildman–Crippen MR) is 82.0 cm³/mol. The van der Waals surface area contributed by atoms with Gasteiger partial charge in [-0.1, -0.05) is 39.0 Å². The van der Waals surface area contributed by atoms with Crippen LogP contribution in [-0.4, -0.2) is 26.5 Å². The zero-order valence-electron chi connectivity index (χ0n) is 11.8. The standard InChI is InChI=1S/C14H20ClN5/c1-2-3-4-5-6-7-8-17-12-11-13(18-10-9-16-11)20-14(15)19-12/h9-10H,2-8H2,1H3,(H,17,18,19,20). The second kappa shape index (κ2) is 7.94. The second-order valence-electron chi connectivity index (χ2n) is 4.76. The van der Waals surface area contributed by atoms with E-state index in [1.165, 1.54) is 32.1 Å². The highest BCUT2D eigenvalue weighted by molar-refractivity contribution is 6.28. The van der Waals surface area contributed by atoms with Crippen LogP contribution in [0.15, 0.2) is 12.4 Å². The SMILES string of the molecule is CCCCCCCCNc1nc(Cl)nc2nccnc12. The average molecular weight is 294 g/mol. The van der Waals surface area contributed by atoms with Crippen LogP contribution in [0.25, 0.3) is 11.2 Å². The van der Waals surface area contributed by atoms with Gasteiger partial charge in [-0.2, -0.15) is 9.97 Å². The van der Waals surface area contributed by atoms with E-state index in [1.54, 1.807) is 12.4 Å². The Hall–Kier alpha value is -1.49. The fraction of sp³-hybridized carbons (Fsp3) is 0.571. The number of halogens is 1. The Morgan fingerprint density at radius 1 is 1.00 bits per heavy atom. The van der Waals surface area contributed by atoms with Gasteiger partial charge in [-0.25, -0.2) is 9.97 Å².